The van der Waals surface area contributed by atoms with Gasteiger partial charge in [-0.05, 0) is 68.1 Å². The van der Waals surface area contributed by atoms with Crippen molar-refractivity contribution in [2.45, 2.75) is 64.1 Å². The van der Waals surface area contributed by atoms with Gasteiger partial charge in [0.15, 0.2) is 0 Å². The molecular weight excluding hydrogens is 549 g/mol. The molecule has 1 fully saturated rings. The standard InChI is InChI=1S/C27H35Cl2N3O5S/c1-19(27(34)30-21-7-4-5-8-21)31(18-20-10-15-24(28)25(29)17-20)26(33)9-6-16-32(38(3,35)36)22-11-13-23(37-2)14-12-22/h10-15,17,19,21H,4-9,16,18H2,1-3H3,(H,30,34). The molecular formula is C27H35Cl2N3O5S. The molecule has 11 heteroatoms. The van der Waals surface area contributed by atoms with Crippen LogP contribution in [0.3, 0.4) is 0 Å². The van der Waals surface area contributed by atoms with Gasteiger partial charge in [0.2, 0.25) is 21.8 Å². The van der Waals surface area contributed by atoms with Gasteiger partial charge in [0.1, 0.15) is 11.8 Å². The Balaban J connectivity index is 1.73. The number of nitrogens with one attached hydrogen (secondary N) is 1. The molecule has 2 amide bonds. The van der Waals surface area contributed by atoms with Gasteiger partial charge in [-0.25, -0.2) is 8.42 Å². The number of carbonyl (C=O) groups excluding carboxylic acids is 2. The number of rotatable bonds is 12. The van der Waals surface area contributed by atoms with Crippen LogP contribution in [0.15, 0.2) is 42.5 Å². The van der Waals surface area contributed by atoms with Crippen LogP contribution in [0.2, 0.25) is 10.0 Å². The first-order valence-corrected chi connectivity index (χ1v) is 15.3. The highest BCUT2D eigenvalue weighted by atomic mass is 35.5. The van der Waals surface area contributed by atoms with Crippen molar-refractivity contribution in [3.63, 3.8) is 0 Å². The molecule has 0 bridgehead atoms. The summed E-state index contributed by atoms with van der Waals surface area (Å²) >= 11 is 12.2. The number of hydrogen-bond acceptors (Lipinski definition) is 5. The third kappa shape index (κ3) is 8.25. The molecule has 1 N–H and O–H groups in total. The number of amides is 2. The number of benzene rings is 2. The minimum Gasteiger partial charge on any atom is -0.497 e. The lowest BCUT2D eigenvalue weighted by Crippen LogP contribution is -2.49. The Kier molecular flexibility index (Phi) is 10.7. The SMILES string of the molecule is COc1ccc(N(CCCC(=O)N(Cc2ccc(Cl)c(Cl)c2)C(C)C(=O)NC2CCCC2)S(C)(=O)=O)cc1. The summed E-state index contributed by atoms with van der Waals surface area (Å²) in [6.07, 6.45) is 5.49. The second-order valence-corrected chi connectivity index (χ2v) is 12.3. The molecule has 0 heterocycles. The fourth-order valence-corrected chi connectivity index (χ4v) is 5.85. The van der Waals surface area contributed by atoms with Gasteiger partial charge < -0.3 is 15.0 Å². The highest BCUT2D eigenvalue weighted by Crippen LogP contribution is 2.25. The lowest BCUT2D eigenvalue weighted by molar-refractivity contribution is -0.141. The number of methoxy groups -OCH3 is 1. The van der Waals surface area contributed by atoms with E-state index in [-0.39, 0.29) is 43.8 Å². The van der Waals surface area contributed by atoms with Crippen LogP contribution in [0.1, 0.15) is 51.0 Å². The monoisotopic (exact) mass is 583 g/mol. The van der Waals surface area contributed by atoms with Crippen molar-refractivity contribution in [1.29, 1.82) is 0 Å². The molecule has 2 aromatic rings. The summed E-state index contributed by atoms with van der Waals surface area (Å²) in [4.78, 5) is 28.0. The Labute approximate surface area is 235 Å². The summed E-state index contributed by atoms with van der Waals surface area (Å²) in [6.45, 7) is 1.99. The maximum Gasteiger partial charge on any atom is 0.242 e. The fraction of sp³-hybridized carbons (Fsp3) is 0.481. The Morgan fingerprint density at radius 3 is 2.32 bits per heavy atom. The van der Waals surface area contributed by atoms with Gasteiger partial charge in [0.05, 0.1) is 29.1 Å². The molecule has 0 saturated heterocycles. The van der Waals surface area contributed by atoms with Gasteiger partial charge in [-0.2, -0.15) is 0 Å². The van der Waals surface area contributed by atoms with Crippen molar-refractivity contribution < 1.29 is 22.7 Å². The second kappa shape index (κ2) is 13.5. The van der Waals surface area contributed by atoms with Crippen LogP contribution in [-0.2, 0) is 26.2 Å². The van der Waals surface area contributed by atoms with E-state index in [0.717, 1.165) is 37.5 Å². The fourth-order valence-electron chi connectivity index (χ4n) is 4.56. The molecule has 0 radical (unpaired) electrons. The van der Waals surface area contributed by atoms with E-state index in [9.17, 15) is 18.0 Å². The third-order valence-electron chi connectivity index (χ3n) is 6.72. The molecule has 38 heavy (non-hydrogen) atoms. The zero-order chi connectivity index (χ0) is 27.9. The van der Waals surface area contributed by atoms with Crippen molar-refractivity contribution in [2.24, 2.45) is 0 Å². The van der Waals surface area contributed by atoms with Crippen molar-refractivity contribution in [2.75, 3.05) is 24.2 Å². The number of halogens is 2. The first kappa shape index (κ1) is 30.1. The summed E-state index contributed by atoms with van der Waals surface area (Å²) < 4.78 is 31.4. The van der Waals surface area contributed by atoms with Crippen LogP contribution in [0.5, 0.6) is 5.75 Å². The zero-order valence-electron chi connectivity index (χ0n) is 22.0. The number of hydrogen-bond donors (Lipinski definition) is 1. The number of carbonyl (C=O) groups is 2. The van der Waals surface area contributed by atoms with Crippen LogP contribution in [0.25, 0.3) is 0 Å². The smallest absolute Gasteiger partial charge is 0.242 e. The van der Waals surface area contributed by atoms with E-state index in [1.165, 1.54) is 16.3 Å². The molecule has 1 aliphatic rings. The van der Waals surface area contributed by atoms with Gasteiger partial charge in [-0.15, -0.1) is 0 Å². The first-order chi connectivity index (χ1) is 18.0. The van der Waals surface area contributed by atoms with E-state index in [1.54, 1.807) is 49.4 Å². The first-order valence-electron chi connectivity index (χ1n) is 12.6. The molecule has 0 aliphatic heterocycles. The number of nitrogens with zero attached hydrogens (tertiary/aromatic N) is 2. The van der Waals surface area contributed by atoms with Crippen LogP contribution >= 0.6 is 23.2 Å². The predicted molar refractivity (Wildman–Crippen MR) is 151 cm³/mol. The lowest BCUT2D eigenvalue weighted by Gasteiger charge is -2.30. The minimum atomic E-state index is -3.58. The molecule has 0 spiro atoms. The van der Waals surface area contributed by atoms with Gasteiger partial charge in [-0.3, -0.25) is 13.9 Å². The van der Waals surface area contributed by atoms with E-state index in [2.05, 4.69) is 5.32 Å². The topological polar surface area (TPSA) is 96.0 Å². The Hall–Kier alpha value is -2.49. The molecule has 3 rings (SSSR count). The highest BCUT2D eigenvalue weighted by Gasteiger charge is 2.29. The molecule has 1 unspecified atom stereocenters. The van der Waals surface area contributed by atoms with Crippen LogP contribution < -0.4 is 14.4 Å². The Bertz CT molecular complexity index is 1220. The summed E-state index contributed by atoms with van der Waals surface area (Å²) in [7, 11) is -2.04. The van der Waals surface area contributed by atoms with E-state index >= 15 is 0 Å². The molecule has 1 atom stereocenters. The number of anilines is 1. The summed E-state index contributed by atoms with van der Waals surface area (Å²) in [6, 6.07) is 11.2. The molecule has 8 nitrogen and oxygen atoms in total. The molecule has 0 aromatic heterocycles. The van der Waals surface area contributed by atoms with Crippen molar-refractivity contribution in [3.8, 4) is 5.75 Å². The summed E-state index contributed by atoms with van der Waals surface area (Å²) in [5.41, 5.74) is 1.22. The van der Waals surface area contributed by atoms with Crippen molar-refractivity contribution in [1.82, 2.24) is 10.2 Å². The Morgan fingerprint density at radius 1 is 1.08 bits per heavy atom. The van der Waals surface area contributed by atoms with E-state index in [0.29, 0.717) is 21.5 Å². The predicted octanol–water partition coefficient (Wildman–Crippen LogP) is 5.02. The number of sulfonamides is 1. The van der Waals surface area contributed by atoms with E-state index in [4.69, 9.17) is 27.9 Å². The van der Waals surface area contributed by atoms with Gasteiger partial charge in [0.25, 0.3) is 0 Å². The molecule has 2 aromatic carbocycles. The van der Waals surface area contributed by atoms with Crippen molar-refractivity contribution >= 4 is 50.7 Å². The van der Waals surface area contributed by atoms with E-state index < -0.39 is 16.1 Å². The van der Waals surface area contributed by atoms with Gasteiger partial charge >= 0.3 is 0 Å². The Morgan fingerprint density at radius 2 is 1.74 bits per heavy atom. The van der Waals surface area contributed by atoms with Crippen molar-refractivity contribution in [3.05, 3.63) is 58.1 Å². The molecule has 208 valence electrons. The summed E-state index contributed by atoms with van der Waals surface area (Å²) in [5, 5.41) is 3.83. The maximum atomic E-state index is 13.4. The van der Waals surface area contributed by atoms with Crippen LogP contribution in [-0.4, -0.2) is 57.1 Å². The molecule has 1 aliphatic carbocycles. The quantitative estimate of drug-likeness (QED) is 0.378. The van der Waals surface area contributed by atoms with Crippen LogP contribution in [0.4, 0.5) is 5.69 Å². The number of ether oxygens (including phenoxy) is 1. The zero-order valence-corrected chi connectivity index (χ0v) is 24.3. The minimum absolute atomic E-state index is 0.0601. The maximum absolute atomic E-state index is 13.4. The lowest BCUT2D eigenvalue weighted by atomic mass is 10.1. The summed E-state index contributed by atoms with van der Waals surface area (Å²) in [5.74, 6) is 0.148. The van der Waals surface area contributed by atoms with Gasteiger partial charge in [-0.1, -0.05) is 42.1 Å². The largest absolute Gasteiger partial charge is 0.497 e. The highest BCUT2D eigenvalue weighted by molar-refractivity contribution is 7.92. The van der Waals surface area contributed by atoms with Gasteiger partial charge in [0, 0.05) is 25.6 Å². The third-order valence-corrected chi connectivity index (χ3v) is 8.65. The molecule has 1 saturated carbocycles. The normalized spacial score (nSPS) is 14.7. The van der Waals surface area contributed by atoms with E-state index in [1.807, 2.05) is 0 Å². The average molecular weight is 585 g/mol. The van der Waals surface area contributed by atoms with Crippen LogP contribution in [0, 0.1) is 0 Å². The average Bonchev–Trinajstić information content (AvgIpc) is 3.39. The second-order valence-electron chi connectivity index (χ2n) is 9.57.